The molecule has 0 unspecified atom stereocenters. The fourth-order valence-electron chi connectivity index (χ4n) is 1.20. The van der Waals surface area contributed by atoms with Gasteiger partial charge < -0.3 is 10.8 Å². The third-order valence-electron chi connectivity index (χ3n) is 1.92. The molecule has 0 aliphatic carbocycles. The minimum absolute atomic E-state index is 0.0560. The van der Waals surface area contributed by atoms with E-state index in [1.54, 1.807) is 0 Å². The van der Waals surface area contributed by atoms with Crippen LogP contribution in [-0.4, -0.2) is 11.7 Å². The topological polar surface area (TPSA) is 70.0 Å². The third kappa shape index (κ3) is 2.52. The first-order valence-corrected chi connectivity index (χ1v) is 4.24. The highest BCUT2D eigenvalue weighted by atomic mass is 19.1. The molecule has 0 saturated heterocycles. The second-order valence-electron chi connectivity index (χ2n) is 3.00. The lowest BCUT2D eigenvalue weighted by Crippen LogP contribution is -2.12. The van der Waals surface area contributed by atoms with Crippen LogP contribution in [0.2, 0.25) is 0 Å². The average molecular weight is 194 g/mol. The molecule has 1 rings (SSSR count). The summed E-state index contributed by atoms with van der Waals surface area (Å²) < 4.78 is 12.9. The maximum absolute atomic E-state index is 12.9. The van der Waals surface area contributed by atoms with Crippen molar-refractivity contribution in [3.8, 4) is 6.07 Å². The van der Waals surface area contributed by atoms with Gasteiger partial charge in [0.1, 0.15) is 5.82 Å². The fraction of sp³-hybridized carbons (Fsp3) is 0.300. The molecule has 3 N–H and O–H groups in total. The summed E-state index contributed by atoms with van der Waals surface area (Å²) in [4.78, 5) is 0. The molecule has 4 heteroatoms. The van der Waals surface area contributed by atoms with Crippen molar-refractivity contribution in [2.75, 3.05) is 6.61 Å². The van der Waals surface area contributed by atoms with Crippen LogP contribution in [0.5, 0.6) is 0 Å². The molecule has 0 aromatic heterocycles. The molecule has 1 aromatic rings. The van der Waals surface area contributed by atoms with Gasteiger partial charge in [-0.25, -0.2) is 4.39 Å². The van der Waals surface area contributed by atoms with Crippen molar-refractivity contribution in [1.29, 1.82) is 5.26 Å². The molecule has 0 bridgehead atoms. The molecule has 0 aliphatic heterocycles. The number of nitrogens with zero attached hydrogens (tertiary/aromatic N) is 1. The Hall–Kier alpha value is -1.44. The molecule has 0 spiro atoms. The zero-order chi connectivity index (χ0) is 10.6. The normalized spacial score (nSPS) is 12.1. The number of halogens is 1. The number of nitriles is 1. The Balaban J connectivity index is 2.98. The minimum Gasteiger partial charge on any atom is -0.396 e. The maximum atomic E-state index is 12.9. The molecule has 0 saturated carbocycles. The quantitative estimate of drug-likeness (QED) is 0.756. The van der Waals surface area contributed by atoms with E-state index in [0.717, 1.165) is 6.07 Å². The Morgan fingerprint density at radius 3 is 2.79 bits per heavy atom. The van der Waals surface area contributed by atoms with Crippen LogP contribution in [0.1, 0.15) is 23.6 Å². The average Bonchev–Trinajstić information content (AvgIpc) is 2.17. The Bertz CT molecular complexity index is 360. The molecule has 0 amide bonds. The lowest BCUT2D eigenvalue weighted by Gasteiger charge is -2.10. The first-order chi connectivity index (χ1) is 6.67. The van der Waals surface area contributed by atoms with Gasteiger partial charge in [0.05, 0.1) is 11.6 Å². The summed E-state index contributed by atoms with van der Waals surface area (Å²) in [5.41, 5.74) is 6.44. The summed E-state index contributed by atoms with van der Waals surface area (Å²) in [5, 5.41) is 17.2. The van der Waals surface area contributed by atoms with E-state index in [1.807, 2.05) is 6.07 Å². The van der Waals surface area contributed by atoms with Gasteiger partial charge in [0.25, 0.3) is 0 Å². The molecule has 14 heavy (non-hydrogen) atoms. The Morgan fingerprint density at radius 2 is 2.21 bits per heavy atom. The number of hydrogen-bond acceptors (Lipinski definition) is 3. The van der Waals surface area contributed by atoms with E-state index in [0.29, 0.717) is 12.0 Å². The van der Waals surface area contributed by atoms with Crippen LogP contribution in [0.4, 0.5) is 4.39 Å². The molecule has 74 valence electrons. The molecule has 0 aliphatic rings. The van der Waals surface area contributed by atoms with Crippen molar-refractivity contribution in [3.05, 3.63) is 35.1 Å². The standard InChI is InChI=1S/C10H11FN2O/c11-9-4-7(6-12)3-8(5-9)10(13)1-2-14/h3-5,10,14H,1-2,13H2/t10-/m1/s1. The second-order valence-corrected chi connectivity index (χ2v) is 3.00. The van der Waals surface area contributed by atoms with Crippen LogP contribution in [0, 0.1) is 17.1 Å². The zero-order valence-electron chi connectivity index (χ0n) is 7.57. The van der Waals surface area contributed by atoms with Gasteiger partial charge in [0.2, 0.25) is 0 Å². The lowest BCUT2D eigenvalue weighted by atomic mass is 10.0. The molecular weight excluding hydrogens is 183 g/mol. The summed E-state index contributed by atoms with van der Waals surface area (Å²) in [6, 6.07) is 5.38. The van der Waals surface area contributed by atoms with Crippen LogP contribution in [0.15, 0.2) is 18.2 Å². The van der Waals surface area contributed by atoms with E-state index in [1.165, 1.54) is 12.1 Å². The number of benzene rings is 1. The summed E-state index contributed by atoms with van der Waals surface area (Å²) in [6.07, 6.45) is 0.355. The Kier molecular flexibility index (Phi) is 3.57. The first kappa shape index (κ1) is 10.6. The first-order valence-electron chi connectivity index (χ1n) is 4.24. The van der Waals surface area contributed by atoms with E-state index < -0.39 is 11.9 Å². The van der Waals surface area contributed by atoms with Gasteiger partial charge >= 0.3 is 0 Å². The number of hydrogen-bond donors (Lipinski definition) is 2. The highest BCUT2D eigenvalue weighted by molar-refractivity contribution is 5.34. The van der Waals surface area contributed by atoms with Gasteiger partial charge in [-0.1, -0.05) is 0 Å². The molecule has 1 aromatic carbocycles. The number of aliphatic hydroxyl groups excluding tert-OH is 1. The Morgan fingerprint density at radius 1 is 1.50 bits per heavy atom. The molecule has 0 heterocycles. The molecule has 1 atom stereocenters. The van der Waals surface area contributed by atoms with Crippen LogP contribution in [-0.2, 0) is 0 Å². The van der Waals surface area contributed by atoms with Crippen LogP contribution < -0.4 is 5.73 Å². The number of rotatable bonds is 3. The van der Waals surface area contributed by atoms with E-state index in [2.05, 4.69) is 0 Å². The lowest BCUT2D eigenvalue weighted by molar-refractivity contribution is 0.276. The minimum atomic E-state index is -0.479. The summed E-state index contributed by atoms with van der Waals surface area (Å²) in [5.74, 6) is -0.479. The van der Waals surface area contributed by atoms with E-state index in [9.17, 15) is 4.39 Å². The van der Waals surface area contributed by atoms with Gasteiger partial charge in [-0.3, -0.25) is 0 Å². The number of nitrogens with two attached hydrogens (primary N) is 1. The van der Waals surface area contributed by atoms with E-state index >= 15 is 0 Å². The molecular formula is C10H11FN2O. The highest BCUT2D eigenvalue weighted by Crippen LogP contribution is 2.16. The third-order valence-corrected chi connectivity index (χ3v) is 1.92. The Labute approximate surface area is 81.6 Å². The van der Waals surface area contributed by atoms with Gasteiger partial charge in [0, 0.05) is 12.6 Å². The highest BCUT2D eigenvalue weighted by Gasteiger charge is 2.08. The smallest absolute Gasteiger partial charge is 0.124 e. The zero-order valence-corrected chi connectivity index (χ0v) is 7.57. The van der Waals surface area contributed by atoms with E-state index in [4.69, 9.17) is 16.1 Å². The second kappa shape index (κ2) is 4.70. The SMILES string of the molecule is N#Cc1cc(F)cc([C@H](N)CCO)c1. The van der Waals surface area contributed by atoms with Crippen molar-refractivity contribution in [1.82, 2.24) is 0 Å². The van der Waals surface area contributed by atoms with Crippen molar-refractivity contribution in [2.45, 2.75) is 12.5 Å². The van der Waals surface area contributed by atoms with Crippen LogP contribution in [0.3, 0.4) is 0 Å². The largest absolute Gasteiger partial charge is 0.396 e. The van der Waals surface area contributed by atoms with Gasteiger partial charge in [-0.15, -0.1) is 0 Å². The molecule has 0 radical (unpaired) electrons. The van der Waals surface area contributed by atoms with Gasteiger partial charge in [0.15, 0.2) is 0 Å². The van der Waals surface area contributed by atoms with Gasteiger partial charge in [-0.05, 0) is 30.2 Å². The van der Waals surface area contributed by atoms with Crippen LogP contribution >= 0.6 is 0 Å². The van der Waals surface area contributed by atoms with Gasteiger partial charge in [-0.2, -0.15) is 5.26 Å². The predicted octanol–water partition coefficient (Wildman–Crippen LogP) is 1.08. The van der Waals surface area contributed by atoms with Crippen molar-refractivity contribution < 1.29 is 9.50 Å². The van der Waals surface area contributed by atoms with Crippen molar-refractivity contribution in [3.63, 3.8) is 0 Å². The van der Waals surface area contributed by atoms with Crippen LogP contribution in [0.25, 0.3) is 0 Å². The maximum Gasteiger partial charge on any atom is 0.124 e. The molecule has 0 fully saturated rings. The summed E-state index contributed by atoms with van der Waals surface area (Å²) in [7, 11) is 0. The summed E-state index contributed by atoms with van der Waals surface area (Å²) in [6.45, 7) is -0.0560. The molecule has 3 nitrogen and oxygen atoms in total. The van der Waals surface area contributed by atoms with E-state index in [-0.39, 0.29) is 12.2 Å². The fourth-order valence-corrected chi connectivity index (χ4v) is 1.20. The number of aliphatic hydroxyl groups is 1. The van der Waals surface area contributed by atoms with Crippen molar-refractivity contribution >= 4 is 0 Å². The van der Waals surface area contributed by atoms with Crippen molar-refractivity contribution in [2.24, 2.45) is 5.73 Å². The summed E-state index contributed by atoms with van der Waals surface area (Å²) >= 11 is 0. The monoisotopic (exact) mass is 194 g/mol. The predicted molar refractivity (Wildman–Crippen MR) is 49.7 cm³/mol.